The van der Waals surface area contributed by atoms with Crippen molar-refractivity contribution in [2.24, 2.45) is 10.9 Å². The van der Waals surface area contributed by atoms with E-state index >= 15 is 0 Å². The molecule has 0 amide bonds. The van der Waals surface area contributed by atoms with Crippen LogP contribution in [0.5, 0.6) is 0 Å². The molecule has 5 nitrogen and oxygen atoms in total. The van der Waals surface area contributed by atoms with Gasteiger partial charge in [-0.05, 0) is 53.4 Å². The predicted octanol–water partition coefficient (Wildman–Crippen LogP) is 2.58. The molecule has 0 aromatic rings. The van der Waals surface area contributed by atoms with Gasteiger partial charge in [0, 0.05) is 12.6 Å². The largest absolute Gasteiger partial charge is 0.357 e. The van der Waals surface area contributed by atoms with Gasteiger partial charge in [-0.1, -0.05) is 13.8 Å². The molecule has 22 heavy (non-hydrogen) atoms. The van der Waals surface area contributed by atoms with Crippen LogP contribution in [0, 0.1) is 5.92 Å². The van der Waals surface area contributed by atoms with E-state index in [1.54, 1.807) is 20.8 Å². The van der Waals surface area contributed by atoms with Crippen molar-refractivity contribution in [2.75, 3.05) is 18.8 Å². The minimum atomic E-state index is -3.12. The molecule has 0 spiro atoms. The van der Waals surface area contributed by atoms with Gasteiger partial charge in [0.1, 0.15) is 0 Å². The van der Waals surface area contributed by atoms with Crippen LogP contribution < -0.4 is 10.6 Å². The first-order valence-corrected chi connectivity index (χ1v) is 9.92. The Bertz CT molecular complexity index is 437. The summed E-state index contributed by atoms with van der Waals surface area (Å²) in [5.41, 5.74) is 0. The van der Waals surface area contributed by atoms with Crippen LogP contribution in [0.2, 0.25) is 0 Å². The maximum Gasteiger partial charge on any atom is 0.191 e. The summed E-state index contributed by atoms with van der Waals surface area (Å²) in [6.07, 6.45) is 2.23. The summed E-state index contributed by atoms with van der Waals surface area (Å²) >= 11 is 0. The lowest BCUT2D eigenvalue weighted by Crippen LogP contribution is -2.42. The van der Waals surface area contributed by atoms with Crippen LogP contribution in [-0.4, -0.2) is 44.0 Å². The van der Waals surface area contributed by atoms with E-state index in [2.05, 4.69) is 36.4 Å². The van der Waals surface area contributed by atoms with Gasteiger partial charge in [-0.3, -0.25) is 4.99 Å². The fraction of sp³-hybridized carbons (Fsp3) is 0.938. The lowest BCUT2D eigenvalue weighted by molar-refractivity contribution is 0.489. The number of rotatable bonds is 8. The molecular weight excluding hydrogens is 298 g/mol. The molecule has 0 aliphatic carbocycles. The van der Waals surface area contributed by atoms with Crippen molar-refractivity contribution in [2.45, 2.75) is 72.1 Å². The molecule has 6 heteroatoms. The third-order valence-electron chi connectivity index (χ3n) is 3.47. The number of sulfone groups is 1. The van der Waals surface area contributed by atoms with E-state index in [0.717, 1.165) is 19.4 Å². The summed E-state index contributed by atoms with van der Waals surface area (Å²) in [6, 6.07) is 0.319. The number of nitrogens with zero attached hydrogens (tertiary/aromatic N) is 1. The van der Waals surface area contributed by atoms with E-state index in [1.165, 1.54) is 0 Å². The second-order valence-corrected chi connectivity index (χ2v) is 10.1. The van der Waals surface area contributed by atoms with Gasteiger partial charge in [-0.25, -0.2) is 8.42 Å². The second kappa shape index (κ2) is 9.38. The van der Waals surface area contributed by atoms with Crippen LogP contribution in [0.4, 0.5) is 0 Å². The van der Waals surface area contributed by atoms with E-state index in [1.807, 2.05) is 6.92 Å². The van der Waals surface area contributed by atoms with Gasteiger partial charge in [-0.15, -0.1) is 0 Å². The Kier molecular flexibility index (Phi) is 9.05. The molecule has 0 aliphatic rings. The molecule has 0 aromatic heterocycles. The van der Waals surface area contributed by atoms with Crippen LogP contribution in [-0.2, 0) is 9.84 Å². The highest BCUT2D eigenvalue weighted by molar-refractivity contribution is 7.92. The first-order chi connectivity index (χ1) is 9.99. The van der Waals surface area contributed by atoms with E-state index < -0.39 is 14.6 Å². The molecular formula is C16H35N3O2S. The second-order valence-electron chi connectivity index (χ2n) is 7.21. The van der Waals surface area contributed by atoms with Crippen LogP contribution >= 0.6 is 0 Å². The molecule has 0 fully saturated rings. The summed E-state index contributed by atoms with van der Waals surface area (Å²) in [5, 5.41) is 6.51. The summed E-state index contributed by atoms with van der Waals surface area (Å²) in [5.74, 6) is 1.46. The van der Waals surface area contributed by atoms with Crippen LogP contribution in [0.1, 0.15) is 61.3 Å². The molecule has 0 saturated carbocycles. The van der Waals surface area contributed by atoms with Crippen molar-refractivity contribution in [3.63, 3.8) is 0 Å². The molecule has 0 aliphatic heterocycles. The maximum absolute atomic E-state index is 12.1. The molecule has 2 N–H and O–H groups in total. The topological polar surface area (TPSA) is 70.6 Å². The van der Waals surface area contributed by atoms with Crippen molar-refractivity contribution in [1.82, 2.24) is 10.6 Å². The summed E-state index contributed by atoms with van der Waals surface area (Å²) in [7, 11) is -3.12. The Balaban J connectivity index is 4.56. The third-order valence-corrected chi connectivity index (χ3v) is 6.05. The fourth-order valence-corrected chi connectivity index (χ4v) is 2.74. The van der Waals surface area contributed by atoms with Crippen molar-refractivity contribution in [1.29, 1.82) is 0 Å². The van der Waals surface area contributed by atoms with E-state index in [9.17, 15) is 8.42 Å². The third kappa shape index (κ3) is 8.61. The SMILES string of the molecule is CCNC(=NCCS(=O)(=O)C(C)(C)C)NC(C)CCC(C)C. The average Bonchev–Trinajstić information content (AvgIpc) is 2.35. The molecule has 0 rings (SSSR count). The summed E-state index contributed by atoms with van der Waals surface area (Å²) in [6.45, 7) is 14.8. The van der Waals surface area contributed by atoms with Crippen molar-refractivity contribution < 1.29 is 8.42 Å². The molecule has 0 aromatic carbocycles. The van der Waals surface area contributed by atoms with Gasteiger partial charge in [0.05, 0.1) is 17.0 Å². The zero-order valence-electron chi connectivity index (χ0n) is 15.4. The Hall–Kier alpha value is -0.780. The van der Waals surface area contributed by atoms with E-state index in [-0.39, 0.29) is 12.3 Å². The van der Waals surface area contributed by atoms with Gasteiger partial charge in [-0.2, -0.15) is 0 Å². The summed E-state index contributed by atoms with van der Waals surface area (Å²) < 4.78 is 23.4. The number of guanidine groups is 1. The first-order valence-electron chi connectivity index (χ1n) is 8.26. The van der Waals surface area contributed by atoms with Gasteiger partial charge in [0.2, 0.25) is 0 Å². The molecule has 0 saturated heterocycles. The average molecular weight is 334 g/mol. The minimum Gasteiger partial charge on any atom is -0.357 e. The monoisotopic (exact) mass is 333 g/mol. The van der Waals surface area contributed by atoms with Gasteiger partial charge in [0.15, 0.2) is 15.8 Å². The van der Waals surface area contributed by atoms with Crippen LogP contribution in [0.25, 0.3) is 0 Å². The molecule has 0 radical (unpaired) electrons. The maximum atomic E-state index is 12.1. The van der Waals surface area contributed by atoms with Crippen LogP contribution in [0.3, 0.4) is 0 Å². The predicted molar refractivity (Wildman–Crippen MR) is 96.2 cm³/mol. The standard InChI is InChI=1S/C16H35N3O2S/c1-8-17-15(19-14(4)10-9-13(2)3)18-11-12-22(20,21)16(5,6)7/h13-14H,8-12H2,1-7H3,(H2,17,18,19). The highest BCUT2D eigenvalue weighted by Gasteiger charge is 2.28. The highest BCUT2D eigenvalue weighted by atomic mass is 32.2. The number of nitrogens with one attached hydrogen (secondary N) is 2. The van der Waals surface area contributed by atoms with Crippen LogP contribution in [0.15, 0.2) is 4.99 Å². The van der Waals surface area contributed by atoms with E-state index in [4.69, 9.17) is 0 Å². The molecule has 0 heterocycles. The van der Waals surface area contributed by atoms with Crippen molar-refractivity contribution >= 4 is 15.8 Å². The van der Waals surface area contributed by atoms with E-state index in [0.29, 0.717) is 17.9 Å². The van der Waals surface area contributed by atoms with Gasteiger partial charge < -0.3 is 10.6 Å². The Morgan fingerprint density at radius 1 is 1.14 bits per heavy atom. The zero-order valence-corrected chi connectivity index (χ0v) is 16.2. The van der Waals surface area contributed by atoms with Crippen molar-refractivity contribution in [3.05, 3.63) is 0 Å². The normalized spacial score (nSPS) is 15.0. The Morgan fingerprint density at radius 3 is 2.18 bits per heavy atom. The quantitative estimate of drug-likeness (QED) is 0.529. The number of hydrogen-bond donors (Lipinski definition) is 2. The highest BCUT2D eigenvalue weighted by Crippen LogP contribution is 2.15. The minimum absolute atomic E-state index is 0.0768. The van der Waals surface area contributed by atoms with Gasteiger partial charge >= 0.3 is 0 Å². The van der Waals surface area contributed by atoms with Crippen molar-refractivity contribution in [3.8, 4) is 0 Å². The number of aliphatic imine (C=N–C) groups is 1. The smallest absolute Gasteiger partial charge is 0.191 e. The fourth-order valence-electron chi connectivity index (χ4n) is 1.79. The molecule has 1 unspecified atom stereocenters. The Labute approximate surface area is 137 Å². The lowest BCUT2D eigenvalue weighted by Gasteiger charge is -2.20. The Morgan fingerprint density at radius 2 is 1.73 bits per heavy atom. The molecule has 132 valence electrons. The molecule has 1 atom stereocenters. The zero-order chi connectivity index (χ0) is 17.4. The first kappa shape index (κ1) is 21.2. The summed E-state index contributed by atoms with van der Waals surface area (Å²) in [4.78, 5) is 4.39. The molecule has 0 bridgehead atoms. The number of hydrogen-bond acceptors (Lipinski definition) is 3. The van der Waals surface area contributed by atoms with Gasteiger partial charge in [0.25, 0.3) is 0 Å². The lowest BCUT2D eigenvalue weighted by atomic mass is 10.0.